The van der Waals surface area contributed by atoms with Gasteiger partial charge in [-0.25, -0.2) is 0 Å². The van der Waals surface area contributed by atoms with Gasteiger partial charge in [-0.2, -0.15) is 4.98 Å². The maximum atomic E-state index is 13.0. The van der Waals surface area contributed by atoms with E-state index in [-0.39, 0.29) is 11.8 Å². The van der Waals surface area contributed by atoms with Crippen molar-refractivity contribution in [1.82, 2.24) is 15.0 Å². The molecule has 6 nitrogen and oxygen atoms in total. The van der Waals surface area contributed by atoms with Crippen molar-refractivity contribution in [2.24, 2.45) is 0 Å². The Labute approximate surface area is 152 Å². The van der Waals surface area contributed by atoms with E-state index in [1.807, 2.05) is 4.90 Å². The standard InChI is InChI=1S/C18H22ClN3O3/c1-12-20-16(25-21-12)13-5-4-10-22(11-13)17(23)18(2,3)24-15-8-6-14(19)7-9-15/h6-9,13H,4-5,10-11H2,1-3H3. The zero-order valence-electron chi connectivity index (χ0n) is 14.7. The van der Waals surface area contributed by atoms with Crippen molar-refractivity contribution in [3.8, 4) is 5.75 Å². The van der Waals surface area contributed by atoms with Crippen LogP contribution < -0.4 is 4.74 Å². The number of amides is 1. The van der Waals surface area contributed by atoms with Crippen molar-refractivity contribution in [3.63, 3.8) is 0 Å². The van der Waals surface area contributed by atoms with Crippen LogP contribution in [0.2, 0.25) is 5.02 Å². The minimum atomic E-state index is -0.972. The summed E-state index contributed by atoms with van der Waals surface area (Å²) in [5.74, 6) is 1.86. The van der Waals surface area contributed by atoms with Crippen molar-refractivity contribution in [2.75, 3.05) is 13.1 Å². The Balaban J connectivity index is 1.69. The van der Waals surface area contributed by atoms with Crippen LogP contribution in [0.4, 0.5) is 0 Å². The summed E-state index contributed by atoms with van der Waals surface area (Å²) in [7, 11) is 0. The maximum absolute atomic E-state index is 13.0. The fraction of sp³-hybridized carbons (Fsp3) is 0.500. The normalized spacial score (nSPS) is 18.2. The number of hydrogen-bond donors (Lipinski definition) is 0. The second-order valence-electron chi connectivity index (χ2n) is 6.84. The molecule has 1 aromatic carbocycles. The molecule has 0 N–H and O–H groups in total. The molecular formula is C18H22ClN3O3. The summed E-state index contributed by atoms with van der Waals surface area (Å²) in [5.41, 5.74) is -0.972. The van der Waals surface area contributed by atoms with E-state index in [2.05, 4.69) is 10.1 Å². The molecule has 1 fully saturated rings. The van der Waals surface area contributed by atoms with Crippen molar-refractivity contribution in [1.29, 1.82) is 0 Å². The highest BCUT2D eigenvalue weighted by atomic mass is 35.5. The molecule has 0 aliphatic carbocycles. The van der Waals surface area contributed by atoms with Gasteiger partial charge >= 0.3 is 0 Å². The van der Waals surface area contributed by atoms with Gasteiger partial charge in [0.1, 0.15) is 5.75 Å². The maximum Gasteiger partial charge on any atom is 0.266 e. The number of benzene rings is 1. The molecule has 0 spiro atoms. The number of nitrogens with zero attached hydrogens (tertiary/aromatic N) is 3. The van der Waals surface area contributed by atoms with Crippen molar-refractivity contribution >= 4 is 17.5 Å². The van der Waals surface area contributed by atoms with E-state index < -0.39 is 5.60 Å². The quantitative estimate of drug-likeness (QED) is 0.830. The second-order valence-corrected chi connectivity index (χ2v) is 7.27. The Hall–Kier alpha value is -2.08. The first-order chi connectivity index (χ1) is 11.8. The summed E-state index contributed by atoms with van der Waals surface area (Å²) in [4.78, 5) is 19.1. The Bertz CT molecular complexity index is 742. The number of carbonyl (C=O) groups is 1. The third-order valence-electron chi connectivity index (χ3n) is 4.30. The lowest BCUT2D eigenvalue weighted by Crippen LogP contribution is -2.51. The minimum absolute atomic E-state index is 0.0524. The second kappa shape index (κ2) is 7.04. The lowest BCUT2D eigenvalue weighted by atomic mass is 9.96. The smallest absolute Gasteiger partial charge is 0.266 e. The van der Waals surface area contributed by atoms with Gasteiger partial charge in [-0.1, -0.05) is 16.8 Å². The molecule has 2 aromatic rings. The largest absolute Gasteiger partial charge is 0.478 e. The molecule has 0 bridgehead atoms. The predicted molar refractivity (Wildman–Crippen MR) is 93.7 cm³/mol. The molecule has 1 unspecified atom stereocenters. The number of likely N-dealkylation sites (tertiary alicyclic amines) is 1. The molecule has 0 saturated carbocycles. The number of halogens is 1. The van der Waals surface area contributed by atoms with Gasteiger partial charge in [0.05, 0.1) is 5.92 Å². The van der Waals surface area contributed by atoms with Crippen LogP contribution in [-0.4, -0.2) is 39.6 Å². The molecule has 1 atom stereocenters. The SMILES string of the molecule is Cc1noc(C2CCCN(C(=O)C(C)(C)Oc3ccc(Cl)cc3)C2)n1. The number of piperidine rings is 1. The summed E-state index contributed by atoms with van der Waals surface area (Å²) in [6.07, 6.45) is 1.83. The zero-order valence-corrected chi connectivity index (χ0v) is 15.4. The number of ether oxygens (including phenoxy) is 1. The summed E-state index contributed by atoms with van der Waals surface area (Å²) in [5, 5.41) is 4.48. The highest BCUT2D eigenvalue weighted by molar-refractivity contribution is 6.30. The van der Waals surface area contributed by atoms with Gasteiger partial charge in [-0.3, -0.25) is 4.79 Å². The van der Waals surface area contributed by atoms with Crippen LogP contribution in [0.25, 0.3) is 0 Å². The number of rotatable bonds is 4. The highest BCUT2D eigenvalue weighted by Crippen LogP contribution is 2.29. The zero-order chi connectivity index (χ0) is 18.0. The van der Waals surface area contributed by atoms with Gasteiger partial charge in [0.25, 0.3) is 5.91 Å². The highest BCUT2D eigenvalue weighted by Gasteiger charge is 2.37. The van der Waals surface area contributed by atoms with Crippen molar-refractivity contribution < 1.29 is 14.1 Å². The molecule has 1 aromatic heterocycles. The molecule has 2 heterocycles. The first kappa shape index (κ1) is 17.7. The molecule has 1 saturated heterocycles. The van der Waals surface area contributed by atoms with Crippen LogP contribution in [0.5, 0.6) is 5.75 Å². The van der Waals surface area contributed by atoms with Crippen molar-refractivity contribution in [3.05, 3.63) is 41.0 Å². The van der Waals surface area contributed by atoms with Gasteiger partial charge in [0.15, 0.2) is 11.4 Å². The topological polar surface area (TPSA) is 68.5 Å². The molecule has 3 rings (SSSR count). The molecular weight excluding hydrogens is 342 g/mol. The van der Waals surface area contributed by atoms with E-state index in [0.29, 0.717) is 35.6 Å². The van der Waals surface area contributed by atoms with E-state index in [1.54, 1.807) is 45.0 Å². The van der Waals surface area contributed by atoms with Crippen LogP contribution in [-0.2, 0) is 4.79 Å². The first-order valence-corrected chi connectivity index (χ1v) is 8.77. The lowest BCUT2D eigenvalue weighted by molar-refractivity contribution is -0.146. The van der Waals surface area contributed by atoms with E-state index in [9.17, 15) is 4.79 Å². The Kier molecular flexibility index (Phi) is 4.99. The summed E-state index contributed by atoms with van der Waals surface area (Å²) in [6.45, 7) is 6.63. The van der Waals surface area contributed by atoms with Gasteiger partial charge < -0.3 is 14.2 Å². The summed E-state index contributed by atoms with van der Waals surface area (Å²) in [6, 6.07) is 7.01. The molecule has 7 heteroatoms. The predicted octanol–water partition coefficient (Wildman–Crippen LogP) is 3.60. The Morgan fingerprint density at radius 3 is 2.72 bits per heavy atom. The third kappa shape index (κ3) is 4.12. The molecule has 1 aliphatic rings. The Morgan fingerprint density at radius 1 is 1.36 bits per heavy atom. The number of aromatic nitrogens is 2. The van der Waals surface area contributed by atoms with Gasteiger partial charge in [0.2, 0.25) is 5.89 Å². The van der Waals surface area contributed by atoms with E-state index in [4.69, 9.17) is 20.9 Å². The van der Waals surface area contributed by atoms with Crippen LogP contribution in [0.15, 0.2) is 28.8 Å². The van der Waals surface area contributed by atoms with E-state index in [1.165, 1.54) is 0 Å². The summed E-state index contributed by atoms with van der Waals surface area (Å²) >= 11 is 5.89. The average molecular weight is 364 g/mol. The number of carbonyl (C=O) groups excluding carboxylic acids is 1. The van der Waals surface area contributed by atoms with Crippen LogP contribution >= 0.6 is 11.6 Å². The summed E-state index contributed by atoms with van der Waals surface area (Å²) < 4.78 is 11.2. The van der Waals surface area contributed by atoms with Gasteiger partial charge in [-0.15, -0.1) is 0 Å². The fourth-order valence-electron chi connectivity index (χ4n) is 3.06. The van der Waals surface area contributed by atoms with E-state index in [0.717, 1.165) is 12.8 Å². The lowest BCUT2D eigenvalue weighted by Gasteiger charge is -2.36. The van der Waals surface area contributed by atoms with Gasteiger partial charge in [0, 0.05) is 18.1 Å². The fourth-order valence-corrected chi connectivity index (χ4v) is 3.19. The van der Waals surface area contributed by atoms with Crippen molar-refractivity contribution in [2.45, 2.75) is 45.1 Å². The average Bonchev–Trinajstić information content (AvgIpc) is 3.03. The number of hydrogen-bond acceptors (Lipinski definition) is 5. The first-order valence-electron chi connectivity index (χ1n) is 8.39. The molecule has 134 valence electrons. The van der Waals surface area contributed by atoms with Gasteiger partial charge in [-0.05, 0) is 57.9 Å². The third-order valence-corrected chi connectivity index (χ3v) is 4.55. The van der Waals surface area contributed by atoms with Crippen LogP contribution in [0.3, 0.4) is 0 Å². The van der Waals surface area contributed by atoms with Crippen LogP contribution in [0.1, 0.15) is 44.3 Å². The molecule has 25 heavy (non-hydrogen) atoms. The van der Waals surface area contributed by atoms with Crippen LogP contribution in [0, 0.1) is 6.92 Å². The minimum Gasteiger partial charge on any atom is -0.478 e. The monoisotopic (exact) mass is 363 g/mol. The molecule has 0 radical (unpaired) electrons. The number of aryl methyl sites for hydroxylation is 1. The molecule has 1 aliphatic heterocycles. The Morgan fingerprint density at radius 2 is 2.08 bits per heavy atom. The van der Waals surface area contributed by atoms with E-state index >= 15 is 0 Å². The molecule has 1 amide bonds.